The van der Waals surface area contributed by atoms with Gasteiger partial charge in [-0.2, -0.15) is 0 Å². The molecule has 4 atom stereocenters. The molecule has 2 saturated carbocycles. The van der Waals surface area contributed by atoms with E-state index >= 15 is 0 Å². The summed E-state index contributed by atoms with van der Waals surface area (Å²) in [5, 5.41) is 9.07. The number of carboxylic acid groups (broad SMARTS) is 1. The normalized spacial score (nSPS) is 34.1. The van der Waals surface area contributed by atoms with Gasteiger partial charge in [0.25, 0.3) is 0 Å². The quantitative estimate of drug-likeness (QED) is 0.420. The molecule has 6 nitrogen and oxygen atoms in total. The van der Waals surface area contributed by atoms with Gasteiger partial charge in [0.05, 0.1) is 17.5 Å². The minimum Gasteiger partial charge on any atom is -0.481 e. The summed E-state index contributed by atoms with van der Waals surface area (Å²) in [6, 6.07) is 11.8. The Labute approximate surface area is 240 Å². The van der Waals surface area contributed by atoms with E-state index in [1.54, 1.807) is 0 Å². The number of hydrogen-bond acceptors (Lipinski definition) is 4. The minimum atomic E-state index is -0.687. The third-order valence-electron chi connectivity index (χ3n) is 11.6. The zero-order chi connectivity index (χ0) is 27.1. The van der Waals surface area contributed by atoms with E-state index in [2.05, 4.69) is 38.6 Å². The third kappa shape index (κ3) is 5.60. The maximum Gasteiger partial charge on any atom is 0.304 e. The molecule has 40 heavy (non-hydrogen) atoms. The van der Waals surface area contributed by atoms with Crippen molar-refractivity contribution in [1.82, 2.24) is 19.4 Å². The molecule has 3 aliphatic heterocycles. The number of fused-ring (bicyclic) bond motifs is 5. The Morgan fingerprint density at radius 1 is 0.800 bits per heavy atom. The second kappa shape index (κ2) is 11.8. The minimum absolute atomic E-state index is 0.254. The fourth-order valence-electron chi connectivity index (χ4n) is 9.88. The van der Waals surface area contributed by atoms with E-state index in [0.717, 1.165) is 62.3 Å². The Hall–Kier alpha value is -1.92. The molecule has 0 spiro atoms. The van der Waals surface area contributed by atoms with Crippen LogP contribution in [-0.2, 0) is 11.2 Å². The van der Waals surface area contributed by atoms with Crippen molar-refractivity contribution in [3.63, 3.8) is 0 Å². The van der Waals surface area contributed by atoms with Crippen LogP contribution >= 0.6 is 0 Å². The summed E-state index contributed by atoms with van der Waals surface area (Å²) in [6.45, 7) is 2.72. The van der Waals surface area contributed by atoms with Crippen molar-refractivity contribution >= 4 is 17.0 Å². The summed E-state index contributed by atoms with van der Waals surface area (Å²) in [5.41, 5.74) is 2.51. The summed E-state index contributed by atoms with van der Waals surface area (Å²) in [6.07, 6.45) is 20.8. The van der Waals surface area contributed by atoms with Crippen LogP contribution in [0.4, 0.5) is 0 Å². The summed E-state index contributed by atoms with van der Waals surface area (Å²) in [7, 11) is 0. The molecule has 0 radical (unpaired) electrons. The van der Waals surface area contributed by atoms with Crippen molar-refractivity contribution in [3.05, 3.63) is 30.1 Å². The number of aromatic nitrogens is 2. The van der Waals surface area contributed by atoms with Crippen LogP contribution in [0.3, 0.4) is 0 Å². The molecule has 3 saturated heterocycles. The maximum absolute atomic E-state index is 11.0. The average molecular weight is 547 g/mol. The monoisotopic (exact) mass is 546 g/mol. The van der Waals surface area contributed by atoms with E-state index in [4.69, 9.17) is 10.1 Å². The molecule has 218 valence electrons. The van der Waals surface area contributed by atoms with Gasteiger partial charge in [0.1, 0.15) is 5.82 Å². The number of aliphatic carboxylic acids is 1. The highest BCUT2D eigenvalue weighted by Crippen LogP contribution is 2.47. The van der Waals surface area contributed by atoms with Gasteiger partial charge in [0.2, 0.25) is 0 Å². The van der Waals surface area contributed by atoms with Gasteiger partial charge in [0.15, 0.2) is 0 Å². The van der Waals surface area contributed by atoms with Gasteiger partial charge in [0, 0.05) is 37.1 Å². The van der Waals surface area contributed by atoms with Gasteiger partial charge < -0.3 is 14.6 Å². The number of imidazole rings is 1. The summed E-state index contributed by atoms with van der Waals surface area (Å²) in [5.74, 6) is 3.24. The molecule has 4 heterocycles. The molecule has 2 aromatic rings. The van der Waals surface area contributed by atoms with Gasteiger partial charge in [-0.05, 0) is 101 Å². The summed E-state index contributed by atoms with van der Waals surface area (Å²) >= 11 is 0. The molecule has 5 aliphatic rings. The summed E-state index contributed by atoms with van der Waals surface area (Å²) in [4.78, 5) is 21.7. The SMILES string of the molecule is O=C(O)CCN1CCC(Cc2nc3ccccc3n2C2CC3CCCC(C2)N3C2CC3CCCCC(C3)C2)CC1. The van der Waals surface area contributed by atoms with E-state index in [1.807, 2.05) is 0 Å². The van der Waals surface area contributed by atoms with Crippen molar-refractivity contribution in [1.29, 1.82) is 0 Å². The van der Waals surface area contributed by atoms with Crippen LogP contribution in [-0.4, -0.2) is 68.2 Å². The fourth-order valence-corrected chi connectivity index (χ4v) is 9.88. The number of para-hydroxylation sites is 2. The lowest BCUT2D eigenvalue weighted by Crippen LogP contribution is -2.58. The third-order valence-corrected chi connectivity index (χ3v) is 11.6. The molecule has 1 N–H and O–H groups in total. The highest BCUT2D eigenvalue weighted by atomic mass is 16.4. The molecule has 7 rings (SSSR count). The predicted molar refractivity (Wildman–Crippen MR) is 159 cm³/mol. The van der Waals surface area contributed by atoms with Crippen LogP contribution < -0.4 is 0 Å². The lowest BCUT2D eigenvalue weighted by Gasteiger charge is -2.54. The van der Waals surface area contributed by atoms with Crippen molar-refractivity contribution < 1.29 is 9.90 Å². The van der Waals surface area contributed by atoms with Crippen LogP contribution in [0.25, 0.3) is 11.0 Å². The standard InChI is InChI=1S/C34H50N4O2/c39-34(40)14-17-36-15-12-24(13-16-36)21-33-35-31-10-3-4-11-32(31)38(33)30-22-27-8-5-9-28(23-30)37(27)29-19-25-6-1-2-7-26(18-25)20-29/h3-4,10-11,24-30H,1-2,5-9,12-23H2,(H,39,40). The van der Waals surface area contributed by atoms with Gasteiger partial charge in [-0.3, -0.25) is 9.69 Å². The number of benzene rings is 1. The lowest BCUT2D eigenvalue weighted by atomic mass is 9.73. The van der Waals surface area contributed by atoms with E-state index in [1.165, 1.54) is 93.9 Å². The summed E-state index contributed by atoms with van der Waals surface area (Å²) < 4.78 is 2.70. The Kier molecular flexibility index (Phi) is 7.92. The molecular weight excluding hydrogens is 496 g/mol. The number of rotatable bonds is 7. The van der Waals surface area contributed by atoms with Crippen LogP contribution in [0, 0.1) is 17.8 Å². The smallest absolute Gasteiger partial charge is 0.304 e. The molecule has 2 aliphatic carbocycles. The molecule has 5 fully saturated rings. The van der Waals surface area contributed by atoms with Gasteiger partial charge in [-0.25, -0.2) is 4.98 Å². The van der Waals surface area contributed by atoms with Crippen molar-refractivity contribution in [2.24, 2.45) is 17.8 Å². The van der Waals surface area contributed by atoms with Crippen LogP contribution in [0.1, 0.15) is 108 Å². The predicted octanol–water partition coefficient (Wildman–Crippen LogP) is 6.68. The highest BCUT2D eigenvalue weighted by Gasteiger charge is 2.45. The molecule has 4 unspecified atom stereocenters. The number of carboxylic acids is 1. The Bertz CT molecular complexity index is 1140. The molecule has 0 amide bonds. The number of carbonyl (C=O) groups is 1. The van der Waals surface area contributed by atoms with Crippen LogP contribution in [0.5, 0.6) is 0 Å². The first-order valence-corrected chi connectivity index (χ1v) is 16.8. The van der Waals surface area contributed by atoms with E-state index < -0.39 is 5.97 Å². The van der Waals surface area contributed by atoms with Gasteiger partial charge in [-0.15, -0.1) is 0 Å². The average Bonchev–Trinajstić information content (AvgIpc) is 3.22. The maximum atomic E-state index is 11.0. The van der Waals surface area contributed by atoms with Crippen molar-refractivity contribution in [3.8, 4) is 0 Å². The van der Waals surface area contributed by atoms with Gasteiger partial charge >= 0.3 is 5.97 Å². The molecule has 1 aromatic carbocycles. The fraction of sp³-hybridized carbons (Fsp3) is 0.765. The first-order valence-electron chi connectivity index (χ1n) is 16.8. The lowest BCUT2D eigenvalue weighted by molar-refractivity contribution is -0.137. The number of likely N-dealkylation sites (tertiary alicyclic amines) is 1. The topological polar surface area (TPSA) is 61.6 Å². The molecule has 6 heteroatoms. The van der Waals surface area contributed by atoms with E-state index in [0.29, 0.717) is 18.5 Å². The van der Waals surface area contributed by atoms with Crippen LogP contribution in [0.2, 0.25) is 0 Å². The van der Waals surface area contributed by atoms with E-state index in [9.17, 15) is 4.79 Å². The zero-order valence-corrected chi connectivity index (χ0v) is 24.4. The van der Waals surface area contributed by atoms with Crippen molar-refractivity contribution in [2.45, 2.75) is 127 Å². The first-order chi connectivity index (χ1) is 19.6. The van der Waals surface area contributed by atoms with Gasteiger partial charge in [-0.1, -0.05) is 44.2 Å². The Morgan fingerprint density at radius 2 is 1.50 bits per heavy atom. The first kappa shape index (κ1) is 26.9. The Morgan fingerprint density at radius 3 is 2.20 bits per heavy atom. The number of hydrogen-bond donors (Lipinski definition) is 1. The number of piperidine rings is 3. The largest absolute Gasteiger partial charge is 0.481 e. The molecule has 1 aromatic heterocycles. The highest BCUT2D eigenvalue weighted by molar-refractivity contribution is 5.76. The molecule has 4 bridgehead atoms. The number of nitrogens with zero attached hydrogens (tertiary/aromatic N) is 4. The molecular formula is C34H50N4O2. The second-order valence-corrected chi connectivity index (χ2v) is 14.2. The van der Waals surface area contributed by atoms with Crippen LogP contribution in [0.15, 0.2) is 24.3 Å². The Balaban J connectivity index is 1.09. The van der Waals surface area contributed by atoms with E-state index in [-0.39, 0.29) is 6.42 Å². The van der Waals surface area contributed by atoms with Crippen molar-refractivity contribution in [2.75, 3.05) is 19.6 Å². The zero-order valence-electron chi connectivity index (χ0n) is 24.4. The second-order valence-electron chi connectivity index (χ2n) is 14.2.